The van der Waals surface area contributed by atoms with Crippen molar-refractivity contribution in [2.45, 2.75) is 198 Å². The number of ether oxygens (including phenoxy) is 4. The van der Waals surface area contributed by atoms with Crippen molar-refractivity contribution in [2.75, 3.05) is 19.0 Å². The van der Waals surface area contributed by atoms with Gasteiger partial charge in [0.25, 0.3) is 10.1 Å². The van der Waals surface area contributed by atoms with Crippen LogP contribution in [-0.4, -0.2) is 96.0 Å². The van der Waals surface area contributed by atoms with E-state index in [-0.39, 0.29) is 19.4 Å². The van der Waals surface area contributed by atoms with E-state index in [0.29, 0.717) is 12.8 Å². The van der Waals surface area contributed by atoms with Crippen LogP contribution in [-0.2, 0) is 38.7 Å². The van der Waals surface area contributed by atoms with Crippen LogP contribution in [0.1, 0.15) is 162 Å². The quantitative estimate of drug-likeness (QED) is 0.0199. The molecule has 0 aromatic carbocycles. The molecule has 12 nitrogen and oxygen atoms in total. The highest BCUT2D eigenvalue weighted by Crippen LogP contribution is 2.24. The lowest BCUT2D eigenvalue weighted by molar-refractivity contribution is -0.297. The van der Waals surface area contributed by atoms with Gasteiger partial charge in [0.15, 0.2) is 12.4 Å². The van der Waals surface area contributed by atoms with Crippen LogP contribution in [0.3, 0.4) is 0 Å². The largest absolute Gasteiger partial charge is 0.462 e. The Morgan fingerprint density at radius 3 is 1.56 bits per heavy atom. The van der Waals surface area contributed by atoms with Gasteiger partial charge >= 0.3 is 11.9 Å². The van der Waals surface area contributed by atoms with Gasteiger partial charge in [-0.1, -0.05) is 157 Å². The van der Waals surface area contributed by atoms with Crippen LogP contribution >= 0.6 is 0 Å². The number of rotatable bonds is 38. The fraction of sp³-hybridized carbons (Fsp3) is 0.680. The van der Waals surface area contributed by atoms with E-state index >= 15 is 0 Å². The zero-order valence-electron chi connectivity index (χ0n) is 38.4. The van der Waals surface area contributed by atoms with E-state index in [4.69, 9.17) is 18.9 Å². The second-order valence-electron chi connectivity index (χ2n) is 16.0. The lowest BCUT2D eigenvalue weighted by Crippen LogP contribution is -2.60. The molecule has 6 atom stereocenters. The summed E-state index contributed by atoms with van der Waals surface area (Å²) >= 11 is 0. The summed E-state index contributed by atoms with van der Waals surface area (Å²) in [5.41, 5.74) is 0. The fourth-order valence-electron chi connectivity index (χ4n) is 6.58. The third kappa shape index (κ3) is 33.9. The van der Waals surface area contributed by atoms with E-state index < -0.39 is 71.2 Å². The average Bonchev–Trinajstić information content (AvgIpc) is 3.25. The third-order valence-electron chi connectivity index (χ3n) is 10.2. The molecule has 4 N–H and O–H groups in total. The van der Waals surface area contributed by atoms with Gasteiger partial charge < -0.3 is 34.3 Å². The zero-order valence-corrected chi connectivity index (χ0v) is 39.2. The first-order valence-corrected chi connectivity index (χ1v) is 25.3. The number of aliphatic hydroxyl groups excluding tert-OH is 3. The van der Waals surface area contributed by atoms with E-state index in [1.54, 1.807) is 0 Å². The SMILES string of the molecule is CC/C=C/C/C=C/C/C=C/C/C=C/C/C=C/CCCCCCCCC(=O)OCC(CO[C@H]1O[C@H](CS(=O)(=O)O)[C@@H](O)C(O)C1O)OC(=O)CC/C=C/C/C=C/CCCCCCCC. The Bertz CT molecular complexity index is 1480. The summed E-state index contributed by atoms with van der Waals surface area (Å²) in [7, 11) is -4.61. The van der Waals surface area contributed by atoms with Gasteiger partial charge in [-0.25, -0.2) is 0 Å². The van der Waals surface area contributed by atoms with Crippen molar-refractivity contribution in [3.63, 3.8) is 0 Å². The van der Waals surface area contributed by atoms with E-state index in [9.17, 15) is 37.9 Å². The van der Waals surface area contributed by atoms with Crippen LogP contribution in [0.15, 0.2) is 85.1 Å². The van der Waals surface area contributed by atoms with Crippen molar-refractivity contribution in [3.8, 4) is 0 Å². The standard InChI is InChI=1S/C50H82O12S/c1-3-5-7-9-11-13-15-17-18-19-20-21-22-23-24-25-27-28-30-32-34-36-38-45(51)59-40-43(41-60-50-49(55)48(54)47(53)44(62-50)42-63(56,57)58)61-46(52)39-37-35-33-31-29-26-16-14-12-10-8-6-4-2/h5,7,11,13,17-18,20-21,23-24,26,29,33,35,43-44,47-50,53-55H,3-4,6,8-10,12,14-16,19,22,25,27-28,30-32,34,36-42H2,1-2H3,(H,56,57,58)/b7-5+,13-11+,18-17+,21-20+,24-23+,29-26+,35-33+/t43?,44-,47-,48?,49?,50+/m1/s1. The van der Waals surface area contributed by atoms with Crippen LogP contribution in [0.4, 0.5) is 0 Å². The molecule has 0 amide bonds. The van der Waals surface area contributed by atoms with E-state index in [1.165, 1.54) is 38.5 Å². The number of esters is 2. The highest BCUT2D eigenvalue weighted by molar-refractivity contribution is 7.85. The van der Waals surface area contributed by atoms with Crippen molar-refractivity contribution < 1.29 is 56.8 Å². The van der Waals surface area contributed by atoms with Crippen molar-refractivity contribution >= 4 is 22.1 Å². The maximum atomic E-state index is 12.8. The second-order valence-corrected chi connectivity index (χ2v) is 17.5. The molecule has 0 aromatic rings. The molecule has 1 aliphatic heterocycles. The molecule has 1 fully saturated rings. The summed E-state index contributed by atoms with van der Waals surface area (Å²) in [6, 6.07) is 0. The minimum absolute atomic E-state index is 0.0502. The van der Waals surface area contributed by atoms with Gasteiger partial charge in [-0.2, -0.15) is 8.42 Å². The summed E-state index contributed by atoms with van der Waals surface area (Å²) < 4.78 is 54.0. The molecule has 0 spiro atoms. The van der Waals surface area contributed by atoms with Crippen LogP contribution in [0, 0.1) is 0 Å². The Hall–Kier alpha value is -3.17. The van der Waals surface area contributed by atoms with E-state index in [2.05, 4.69) is 86.8 Å². The molecule has 63 heavy (non-hydrogen) atoms. The van der Waals surface area contributed by atoms with Crippen LogP contribution in [0.5, 0.6) is 0 Å². The molecule has 0 aliphatic carbocycles. The Morgan fingerprint density at radius 1 is 0.556 bits per heavy atom. The smallest absolute Gasteiger partial charge is 0.306 e. The molecule has 0 bridgehead atoms. The van der Waals surface area contributed by atoms with Gasteiger partial charge in [-0.15, -0.1) is 0 Å². The molecule has 1 heterocycles. The first-order valence-electron chi connectivity index (χ1n) is 23.6. The summed E-state index contributed by atoms with van der Waals surface area (Å²) in [6.07, 6.45) is 42.1. The number of allylic oxidation sites excluding steroid dienone is 14. The first-order chi connectivity index (χ1) is 30.5. The molecule has 3 unspecified atom stereocenters. The number of hydrogen-bond acceptors (Lipinski definition) is 11. The molecule has 360 valence electrons. The van der Waals surface area contributed by atoms with Crippen molar-refractivity contribution in [3.05, 3.63) is 85.1 Å². The van der Waals surface area contributed by atoms with Gasteiger partial charge in [0, 0.05) is 12.8 Å². The Balaban J connectivity index is 2.44. The average molecular weight is 907 g/mol. The minimum atomic E-state index is -4.61. The monoisotopic (exact) mass is 907 g/mol. The number of carbonyl (C=O) groups excluding carboxylic acids is 2. The normalized spacial score (nSPS) is 20.5. The predicted molar refractivity (Wildman–Crippen MR) is 251 cm³/mol. The molecule has 1 aliphatic rings. The molecule has 0 radical (unpaired) electrons. The molecule has 0 saturated carbocycles. The first kappa shape index (κ1) is 57.8. The Kier molecular flexibility index (Phi) is 36.0. The number of hydrogen-bond donors (Lipinski definition) is 4. The Morgan fingerprint density at radius 2 is 1.03 bits per heavy atom. The van der Waals surface area contributed by atoms with E-state index in [0.717, 1.165) is 83.5 Å². The highest BCUT2D eigenvalue weighted by atomic mass is 32.2. The lowest BCUT2D eigenvalue weighted by atomic mass is 10.00. The topological polar surface area (TPSA) is 186 Å². The number of unbranched alkanes of at least 4 members (excludes halogenated alkanes) is 12. The summed E-state index contributed by atoms with van der Waals surface area (Å²) in [6.45, 7) is 3.56. The molecule has 0 aromatic heterocycles. The van der Waals surface area contributed by atoms with Crippen molar-refractivity contribution in [2.24, 2.45) is 0 Å². The number of carbonyl (C=O) groups is 2. The molecule has 1 rings (SSSR count). The van der Waals surface area contributed by atoms with E-state index in [1.807, 2.05) is 12.2 Å². The van der Waals surface area contributed by atoms with Gasteiger partial charge in [-0.3, -0.25) is 14.1 Å². The zero-order chi connectivity index (χ0) is 46.2. The van der Waals surface area contributed by atoms with Crippen molar-refractivity contribution in [1.29, 1.82) is 0 Å². The van der Waals surface area contributed by atoms with Crippen LogP contribution in [0.2, 0.25) is 0 Å². The summed E-state index contributed by atoms with van der Waals surface area (Å²) in [5, 5.41) is 30.9. The van der Waals surface area contributed by atoms with Gasteiger partial charge in [0.2, 0.25) is 0 Å². The van der Waals surface area contributed by atoms with Crippen LogP contribution < -0.4 is 0 Å². The summed E-state index contributed by atoms with van der Waals surface area (Å²) in [4.78, 5) is 25.4. The Labute approximate surface area is 380 Å². The van der Waals surface area contributed by atoms with Crippen LogP contribution in [0.25, 0.3) is 0 Å². The minimum Gasteiger partial charge on any atom is -0.462 e. The molecule has 13 heteroatoms. The maximum Gasteiger partial charge on any atom is 0.306 e. The molecular formula is C50H82O12S. The highest BCUT2D eigenvalue weighted by Gasteiger charge is 2.46. The summed E-state index contributed by atoms with van der Waals surface area (Å²) in [5.74, 6) is -2.10. The second kappa shape index (κ2) is 39.2. The number of aliphatic hydroxyl groups is 3. The van der Waals surface area contributed by atoms with Gasteiger partial charge in [0.05, 0.1) is 6.61 Å². The molecular weight excluding hydrogens is 825 g/mol. The third-order valence-corrected chi connectivity index (χ3v) is 11.0. The molecule has 1 saturated heterocycles. The predicted octanol–water partition coefficient (Wildman–Crippen LogP) is 10.1. The maximum absolute atomic E-state index is 12.8. The van der Waals surface area contributed by atoms with Crippen molar-refractivity contribution in [1.82, 2.24) is 0 Å². The lowest BCUT2D eigenvalue weighted by Gasteiger charge is -2.40. The van der Waals surface area contributed by atoms with Gasteiger partial charge in [-0.05, 0) is 77.0 Å². The van der Waals surface area contributed by atoms with Gasteiger partial charge in [0.1, 0.15) is 36.8 Å². The fourth-order valence-corrected chi connectivity index (χ4v) is 7.27.